The molecule has 1 aliphatic rings. The molecule has 12 heavy (non-hydrogen) atoms. The fourth-order valence-electron chi connectivity index (χ4n) is 1.39. The molecule has 1 fully saturated rings. The lowest BCUT2D eigenvalue weighted by Gasteiger charge is -1.98. The molecule has 0 bridgehead atoms. The summed E-state index contributed by atoms with van der Waals surface area (Å²) >= 11 is 0. The van der Waals surface area contributed by atoms with Crippen molar-refractivity contribution in [1.82, 2.24) is 0 Å². The van der Waals surface area contributed by atoms with Crippen molar-refractivity contribution in [3.8, 4) is 0 Å². The van der Waals surface area contributed by atoms with Crippen LogP contribution >= 0.6 is 0 Å². The number of hydrogen-bond donors (Lipinski definition) is 0. The van der Waals surface area contributed by atoms with Gasteiger partial charge in [-0.05, 0) is 12.5 Å². The topological polar surface area (TPSA) is 12.5 Å². The van der Waals surface area contributed by atoms with Crippen LogP contribution in [0.3, 0.4) is 0 Å². The molecule has 1 heterocycles. The standard InChI is InChI=1S/C10H11FO/c1-10(7-11)9(12-10)8-5-3-2-4-6-8/h2-6,9H,7H2,1H3/t9-,10-/m0/s1. The van der Waals surface area contributed by atoms with Crippen LogP contribution in [0.15, 0.2) is 30.3 Å². The highest BCUT2D eigenvalue weighted by Crippen LogP contribution is 2.49. The summed E-state index contributed by atoms with van der Waals surface area (Å²) in [6.07, 6.45) is -0.0382. The van der Waals surface area contributed by atoms with E-state index in [4.69, 9.17) is 4.74 Å². The second-order valence-electron chi connectivity index (χ2n) is 3.35. The van der Waals surface area contributed by atoms with Crippen molar-refractivity contribution in [2.45, 2.75) is 18.6 Å². The van der Waals surface area contributed by atoms with Gasteiger partial charge in [0, 0.05) is 0 Å². The maximum atomic E-state index is 12.4. The van der Waals surface area contributed by atoms with E-state index in [1.807, 2.05) is 30.3 Å². The van der Waals surface area contributed by atoms with Crippen LogP contribution in [0.1, 0.15) is 18.6 Å². The molecule has 1 saturated heterocycles. The Morgan fingerprint density at radius 1 is 1.42 bits per heavy atom. The van der Waals surface area contributed by atoms with E-state index < -0.39 is 12.3 Å². The smallest absolute Gasteiger partial charge is 0.125 e. The summed E-state index contributed by atoms with van der Waals surface area (Å²) in [6, 6.07) is 9.75. The predicted molar refractivity (Wildman–Crippen MR) is 44.6 cm³/mol. The Labute approximate surface area is 71.2 Å². The molecule has 0 radical (unpaired) electrons. The largest absolute Gasteiger partial charge is 0.358 e. The summed E-state index contributed by atoms with van der Waals surface area (Å²) in [5.41, 5.74) is 0.513. The number of ether oxygens (including phenoxy) is 1. The summed E-state index contributed by atoms with van der Waals surface area (Å²) in [4.78, 5) is 0. The molecule has 0 aliphatic carbocycles. The summed E-state index contributed by atoms with van der Waals surface area (Å²) in [6.45, 7) is 1.39. The highest BCUT2D eigenvalue weighted by molar-refractivity contribution is 5.25. The van der Waals surface area contributed by atoms with E-state index in [-0.39, 0.29) is 6.10 Å². The summed E-state index contributed by atoms with van der Waals surface area (Å²) < 4.78 is 17.6. The number of halogens is 1. The van der Waals surface area contributed by atoms with Crippen LogP contribution in [0, 0.1) is 0 Å². The Balaban J connectivity index is 2.16. The van der Waals surface area contributed by atoms with E-state index in [0.717, 1.165) is 5.56 Å². The second-order valence-corrected chi connectivity index (χ2v) is 3.35. The van der Waals surface area contributed by atoms with Gasteiger partial charge in [-0.3, -0.25) is 0 Å². The van der Waals surface area contributed by atoms with Gasteiger partial charge in [-0.25, -0.2) is 4.39 Å². The predicted octanol–water partition coefficient (Wildman–Crippen LogP) is 2.49. The molecule has 0 unspecified atom stereocenters. The molecular weight excluding hydrogens is 155 g/mol. The number of epoxide rings is 1. The van der Waals surface area contributed by atoms with Crippen molar-refractivity contribution in [3.63, 3.8) is 0 Å². The number of benzene rings is 1. The average Bonchev–Trinajstić information content (AvgIpc) is 2.81. The summed E-state index contributed by atoms with van der Waals surface area (Å²) in [5.74, 6) is 0. The van der Waals surface area contributed by atoms with Gasteiger partial charge in [0.05, 0.1) is 0 Å². The number of alkyl halides is 1. The average molecular weight is 166 g/mol. The third-order valence-corrected chi connectivity index (χ3v) is 2.25. The van der Waals surface area contributed by atoms with Gasteiger partial charge in [0.25, 0.3) is 0 Å². The Kier molecular flexibility index (Phi) is 1.65. The molecular formula is C10H11FO. The van der Waals surface area contributed by atoms with Crippen molar-refractivity contribution in [3.05, 3.63) is 35.9 Å². The molecule has 1 aromatic carbocycles. The highest BCUT2D eigenvalue weighted by Gasteiger charge is 2.53. The first-order valence-corrected chi connectivity index (χ1v) is 4.05. The summed E-state index contributed by atoms with van der Waals surface area (Å²) in [7, 11) is 0. The van der Waals surface area contributed by atoms with Crippen LogP contribution in [-0.4, -0.2) is 12.3 Å². The van der Waals surface area contributed by atoms with Gasteiger partial charge in [0.2, 0.25) is 0 Å². The van der Waals surface area contributed by atoms with Crippen molar-refractivity contribution in [1.29, 1.82) is 0 Å². The van der Waals surface area contributed by atoms with E-state index in [1.165, 1.54) is 0 Å². The second kappa shape index (κ2) is 2.56. The molecule has 1 aromatic rings. The van der Waals surface area contributed by atoms with E-state index in [2.05, 4.69) is 0 Å². The third kappa shape index (κ3) is 1.12. The normalized spacial score (nSPS) is 33.3. The molecule has 0 spiro atoms. The minimum atomic E-state index is -0.554. The Morgan fingerprint density at radius 3 is 2.58 bits per heavy atom. The van der Waals surface area contributed by atoms with E-state index in [9.17, 15) is 4.39 Å². The zero-order chi connectivity index (χ0) is 8.60. The van der Waals surface area contributed by atoms with Crippen LogP contribution in [0.5, 0.6) is 0 Å². The van der Waals surface area contributed by atoms with E-state index >= 15 is 0 Å². The molecule has 0 amide bonds. The number of rotatable bonds is 2. The first kappa shape index (κ1) is 7.74. The van der Waals surface area contributed by atoms with Crippen molar-refractivity contribution in [2.75, 3.05) is 6.67 Å². The fraction of sp³-hybridized carbons (Fsp3) is 0.400. The highest BCUT2D eigenvalue weighted by atomic mass is 19.1. The van der Waals surface area contributed by atoms with Crippen LogP contribution < -0.4 is 0 Å². The monoisotopic (exact) mass is 166 g/mol. The zero-order valence-corrected chi connectivity index (χ0v) is 6.96. The molecule has 0 aromatic heterocycles. The van der Waals surface area contributed by atoms with Crippen molar-refractivity contribution < 1.29 is 9.13 Å². The first-order valence-electron chi connectivity index (χ1n) is 4.05. The van der Waals surface area contributed by atoms with Gasteiger partial charge in [0.15, 0.2) is 0 Å². The maximum absolute atomic E-state index is 12.4. The third-order valence-electron chi connectivity index (χ3n) is 2.25. The lowest BCUT2D eigenvalue weighted by molar-refractivity contribution is 0.259. The molecule has 64 valence electrons. The Bertz CT molecular complexity index is 272. The van der Waals surface area contributed by atoms with Crippen molar-refractivity contribution in [2.24, 2.45) is 0 Å². The minimum Gasteiger partial charge on any atom is -0.358 e. The van der Waals surface area contributed by atoms with E-state index in [0.29, 0.717) is 0 Å². The van der Waals surface area contributed by atoms with Crippen LogP contribution in [0.4, 0.5) is 4.39 Å². The zero-order valence-electron chi connectivity index (χ0n) is 6.96. The lowest BCUT2D eigenvalue weighted by Crippen LogP contribution is -2.08. The molecule has 1 aliphatic heterocycles. The SMILES string of the molecule is C[C@@]1(CF)O[C@H]1c1ccccc1. The van der Waals surface area contributed by atoms with Gasteiger partial charge >= 0.3 is 0 Å². The maximum Gasteiger partial charge on any atom is 0.125 e. The van der Waals surface area contributed by atoms with Crippen molar-refractivity contribution >= 4 is 0 Å². The van der Waals surface area contributed by atoms with Gasteiger partial charge in [-0.15, -0.1) is 0 Å². The fourth-order valence-corrected chi connectivity index (χ4v) is 1.39. The molecule has 0 N–H and O–H groups in total. The Hall–Kier alpha value is -0.890. The Morgan fingerprint density at radius 2 is 2.08 bits per heavy atom. The van der Waals surface area contributed by atoms with Gasteiger partial charge in [-0.2, -0.15) is 0 Å². The molecule has 1 nitrogen and oxygen atoms in total. The van der Waals surface area contributed by atoms with E-state index in [1.54, 1.807) is 6.92 Å². The van der Waals surface area contributed by atoms with Gasteiger partial charge in [0.1, 0.15) is 18.4 Å². The van der Waals surface area contributed by atoms with Crippen LogP contribution in [-0.2, 0) is 4.74 Å². The molecule has 2 rings (SSSR count). The van der Waals surface area contributed by atoms with Crippen LogP contribution in [0.25, 0.3) is 0 Å². The van der Waals surface area contributed by atoms with Crippen LogP contribution in [0.2, 0.25) is 0 Å². The summed E-state index contributed by atoms with van der Waals surface area (Å²) in [5, 5.41) is 0. The van der Waals surface area contributed by atoms with Gasteiger partial charge in [-0.1, -0.05) is 30.3 Å². The minimum absolute atomic E-state index is 0.0382. The quantitative estimate of drug-likeness (QED) is 0.615. The molecule has 0 saturated carbocycles. The number of hydrogen-bond acceptors (Lipinski definition) is 1. The molecule has 2 heteroatoms. The lowest BCUT2D eigenvalue weighted by atomic mass is 10.0. The first-order chi connectivity index (χ1) is 5.76. The molecule has 2 atom stereocenters. The van der Waals surface area contributed by atoms with Gasteiger partial charge < -0.3 is 4.74 Å².